The van der Waals surface area contributed by atoms with Crippen molar-refractivity contribution in [1.82, 2.24) is 0 Å². The van der Waals surface area contributed by atoms with Gasteiger partial charge >= 0.3 is 195 Å². The third kappa shape index (κ3) is 3.17. The van der Waals surface area contributed by atoms with E-state index in [9.17, 15) is 0 Å². The fourth-order valence-electron chi connectivity index (χ4n) is 5.81. The average Bonchev–Trinajstić information content (AvgIpc) is 3.01. The molecule has 3 atom stereocenters. The van der Waals surface area contributed by atoms with E-state index in [0.29, 0.717) is 9.54 Å². The molecule has 3 aromatic carbocycles. The fraction of sp³-hybridized carbons (Fsp3) is 0.231. The smallest absolute Gasteiger partial charge is 1.00 e. The maximum absolute atomic E-state index is 7.43. The molecule has 6 rings (SSSR count). The van der Waals surface area contributed by atoms with Crippen LogP contribution in [0.3, 0.4) is 0 Å². The van der Waals surface area contributed by atoms with Gasteiger partial charge in [-0.2, -0.15) is 0 Å². The molecular formula is C26H22Cl3SiZr. The van der Waals surface area contributed by atoms with Gasteiger partial charge in [0.05, 0.1) is 0 Å². The standard InChI is InChI=1S/C26H22ClSi.2ClH.Zr/c1-3-12-28(27)23-15-21-19-10-6-4-9-18(19)14-22(21)25(26(23)28)24-16(2)13-17-8-5-7-11-20(17)24;;;/h4-11,13-15,24H,3,12H2,1-2H3;2*1H;/q;;;+2/p-2. The first-order chi connectivity index (χ1) is 14.1. The molecule has 0 bridgehead atoms. The molecule has 31 heavy (non-hydrogen) atoms. The number of fused-ring (bicyclic) bond motifs is 5. The summed E-state index contributed by atoms with van der Waals surface area (Å²) in [5, 5.41) is 3.10. The van der Waals surface area contributed by atoms with Gasteiger partial charge < -0.3 is 24.8 Å². The molecule has 0 fully saturated rings. The summed E-state index contributed by atoms with van der Waals surface area (Å²) in [6.45, 7) is 4.60. The Balaban J connectivity index is 0.00000116. The maximum atomic E-state index is 7.43. The number of rotatable bonds is 3. The molecule has 5 heteroatoms. The Morgan fingerprint density at radius 2 is 1.61 bits per heavy atom. The van der Waals surface area contributed by atoms with Crippen molar-refractivity contribution in [3.63, 3.8) is 0 Å². The monoisotopic (exact) mass is 557 g/mol. The van der Waals surface area contributed by atoms with Crippen molar-refractivity contribution in [2.24, 2.45) is 0 Å². The summed E-state index contributed by atoms with van der Waals surface area (Å²) in [4.78, 5) is 0. The minimum absolute atomic E-state index is 0. The SMILES string of the molecule is CCC[Si]1(Cl)c2cc3c(c(C4C(C)=Cc5ccccc54)c21)[CH]([Zr+2])c1ccccc1-3.[Cl-].[Cl-]. The summed E-state index contributed by atoms with van der Waals surface area (Å²) in [5.74, 6) is 0.372. The number of hydrogen-bond acceptors (Lipinski definition) is 0. The van der Waals surface area contributed by atoms with Gasteiger partial charge in [-0.3, -0.25) is 0 Å². The molecule has 0 N–H and O–H groups in total. The molecule has 3 aliphatic rings. The Kier molecular flexibility index (Phi) is 6.30. The van der Waals surface area contributed by atoms with Crippen molar-refractivity contribution in [1.29, 1.82) is 0 Å². The van der Waals surface area contributed by atoms with Gasteiger partial charge in [-0.15, -0.1) is 0 Å². The maximum Gasteiger partial charge on any atom is -1.00 e. The zero-order chi connectivity index (χ0) is 19.9. The molecular weight excluding hydrogens is 538 g/mol. The number of halogens is 3. The molecule has 0 saturated heterocycles. The molecule has 155 valence electrons. The van der Waals surface area contributed by atoms with Gasteiger partial charge in [0, 0.05) is 0 Å². The van der Waals surface area contributed by atoms with Crippen LogP contribution in [0, 0.1) is 0 Å². The van der Waals surface area contributed by atoms with Gasteiger partial charge in [0.1, 0.15) is 0 Å². The number of hydrogen-bond donors (Lipinski definition) is 0. The minimum Gasteiger partial charge on any atom is -1.00 e. The van der Waals surface area contributed by atoms with Crippen molar-refractivity contribution >= 4 is 34.9 Å². The van der Waals surface area contributed by atoms with Gasteiger partial charge in [0.2, 0.25) is 0 Å². The Morgan fingerprint density at radius 1 is 0.935 bits per heavy atom. The van der Waals surface area contributed by atoms with Crippen molar-refractivity contribution in [3.05, 3.63) is 88.0 Å². The van der Waals surface area contributed by atoms with Gasteiger partial charge in [0.25, 0.3) is 0 Å². The first-order valence-corrected chi connectivity index (χ1v) is 15.2. The summed E-state index contributed by atoms with van der Waals surface area (Å²) >= 11 is 9.00. The summed E-state index contributed by atoms with van der Waals surface area (Å²) in [5.41, 5.74) is 11.9. The van der Waals surface area contributed by atoms with Crippen LogP contribution in [0.25, 0.3) is 17.2 Å². The van der Waals surface area contributed by atoms with Crippen LogP contribution in [-0.4, -0.2) is 7.38 Å². The predicted molar refractivity (Wildman–Crippen MR) is 122 cm³/mol. The van der Waals surface area contributed by atoms with Crippen molar-refractivity contribution < 1.29 is 49.5 Å². The van der Waals surface area contributed by atoms with E-state index < -0.39 is 7.38 Å². The van der Waals surface area contributed by atoms with Crippen molar-refractivity contribution in [2.75, 3.05) is 0 Å². The van der Waals surface area contributed by atoms with E-state index in [1.54, 1.807) is 41.0 Å². The number of allylic oxidation sites excluding steroid dienone is 1. The average molecular weight is 560 g/mol. The first-order valence-electron chi connectivity index (χ1n) is 10.5. The van der Waals surface area contributed by atoms with Crippen LogP contribution in [0.15, 0.2) is 60.2 Å². The Hall–Kier alpha value is -0.630. The normalized spacial score (nSPS) is 23.6. The van der Waals surface area contributed by atoms with E-state index in [4.69, 9.17) is 11.1 Å². The second-order valence-electron chi connectivity index (χ2n) is 8.70. The van der Waals surface area contributed by atoms with Crippen LogP contribution in [0.1, 0.15) is 57.6 Å². The quantitative estimate of drug-likeness (QED) is 0.310. The largest absolute Gasteiger partial charge is 1.00 e. The topological polar surface area (TPSA) is 0 Å². The molecule has 3 unspecified atom stereocenters. The Morgan fingerprint density at radius 3 is 2.35 bits per heavy atom. The van der Waals surface area contributed by atoms with Gasteiger partial charge in [-0.05, 0) is 0 Å². The second-order valence-corrected chi connectivity index (χ2v) is 15.2. The zero-order valence-electron chi connectivity index (χ0n) is 17.5. The molecule has 2 aliphatic carbocycles. The van der Waals surface area contributed by atoms with Crippen LogP contribution < -0.4 is 35.2 Å². The van der Waals surface area contributed by atoms with Gasteiger partial charge in [0.15, 0.2) is 0 Å². The molecule has 0 spiro atoms. The third-order valence-corrected chi connectivity index (χ3v) is 13.8. The van der Waals surface area contributed by atoms with Crippen LogP contribution in [-0.2, 0) is 24.7 Å². The predicted octanol–water partition coefficient (Wildman–Crippen LogP) is -0.118. The third-order valence-electron chi connectivity index (χ3n) is 7.05. The molecule has 0 nitrogen and oxygen atoms in total. The van der Waals surface area contributed by atoms with E-state index >= 15 is 0 Å². The van der Waals surface area contributed by atoms with Crippen LogP contribution in [0.2, 0.25) is 6.04 Å². The molecule has 0 radical (unpaired) electrons. The molecule has 3 aromatic rings. The molecule has 0 saturated carbocycles. The van der Waals surface area contributed by atoms with E-state index in [1.807, 2.05) is 0 Å². The fourth-order valence-corrected chi connectivity index (χ4v) is 12.5. The Bertz CT molecular complexity index is 1240. The van der Waals surface area contributed by atoms with Crippen LogP contribution in [0.5, 0.6) is 0 Å². The second kappa shape index (κ2) is 8.30. The summed E-state index contributed by atoms with van der Waals surface area (Å²) < 4.78 is 0.520. The van der Waals surface area contributed by atoms with E-state index in [0.717, 1.165) is 0 Å². The van der Waals surface area contributed by atoms with E-state index in [-0.39, 0.29) is 24.8 Å². The van der Waals surface area contributed by atoms with E-state index in [2.05, 4.69) is 74.5 Å². The number of benzene rings is 3. The minimum atomic E-state index is -1.95. The molecule has 0 amide bonds. The molecule has 1 heterocycles. The van der Waals surface area contributed by atoms with Gasteiger partial charge in [-0.25, -0.2) is 0 Å². The van der Waals surface area contributed by atoms with Crippen molar-refractivity contribution in [2.45, 2.75) is 35.9 Å². The molecule has 0 aromatic heterocycles. The molecule has 1 aliphatic heterocycles. The summed E-state index contributed by atoms with van der Waals surface area (Å²) in [7, 11) is -1.95. The van der Waals surface area contributed by atoms with Gasteiger partial charge in [-0.1, -0.05) is 0 Å². The van der Waals surface area contributed by atoms with E-state index in [1.165, 1.54) is 51.0 Å². The van der Waals surface area contributed by atoms with Crippen LogP contribution >= 0.6 is 11.1 Å². The first kappa shape index (κ1) is 23.5. The van der Waals surface area contributed by atoms with Crippen molar-refractivity contribution in [3.8, 4) is 11.1 Å². The van der Waals surface area contributed by atoms with Crippen LogP contribution in [0.4, 0.5) is 0 Å². The zero-order valence-corrected chi connectivity index (χ0v) is 23.2. The summed E-state index contributed by atoms with van der Waals surface area (Å²) in [6.07, 6.45) is 3.56. The summed E-state index contributed by atoms with van der Waals surface area (Å²) in [6, 6.07) is 21.7. The Labute approximate surface area is 217 Å².